The zero-order valence-electron chi connectivity index (χ0n) is 13.8. The summed E-state index contributed by atoms with van der Waals surface area (Å²) in [5, 5.41) is 9.66. The van der Waals surface area contributed by atoms with Crippen LogP contribution in [0.3, 0.4) is 0 Å². The fourth-order valence-electron chi connectivity index (χ4n) is 1.38. The van der Waals surface area contributed by atoms with Gasteiger partial charge in [-0.3, -0.25) is 4.55 Å². The zero-order chi connectivity index (χ0) is 21.6. The van der Waals surface area contributed by atoms with Gasteiger partial charge in [0, 0.05) is 0 Å². The number of aromatic hydroxyl groups is 1. The minimum absolute atomic E-state index is 0. The van der Waals surface area contributed by atoms with Crippen molar-refractivity contribution in [3.05, 3.63) is 12.1 Å². The van der Waals surface area contributed by atoms with E-state index in [-0.39, 0.29) is 71.2 Å². The van der Waals surface area contributed by atoms with Gasteiger partial charge in [0.1, 0.15) is 9.79 Å². The molecule has 156 valence electrons. The van der Waals surface area contributed by atoms with Gasteiger partial charge in [-0.15, -0.1) is 0 Å². The molecule has 29 heavy (non-hydrogen) atoms. The van der Waals surface area contributed by atoms with Crippen LogP contribution in [0.4, 0.5) is 0 Å². The Labute approximate surface area is 208 Å². The molecule has 0 saturated heterocycles. The van der Waals surface area contributed by atoms with Crippen LogP contribution in [0.15, 0.2) is 26.8 Å². The van der Waals surface area contributed by atoms with Crippen LogP contribution in [0.2, 0.25) is 0 Å². The second kappa shape index (κ2) is 10.0. The van der Waals surface area contributed by atoms with Crippen molar-refractivity contribution in [3.63, 3.8) is 0 Å². The molecule has 0 heterocycles. The topological polar surface area (TPSA) is 276 Å². The summed E-state index contributed by atoms with van der Waals surface area (Å²) in [4.78, 5) is -5.72. The van der Waals surface area contributed by atoms with Crippen LogP contribution in [0.5, 0.6) is 5.75 Å². The first kappa shape index (κ1) is 31.8. The van der Waals surface area contributed by atoms with Crippen LogP contribution in [-0.2, 0) is 58.4 Å². The molecule has 1 aromatic carbocycles. The molecule has 0 atom stereocenters. The Morgan fingerprint density at radius 3 is 1.17 bits per heavy atom. The van der Waals surface area contributed by atoms with E-state index in [1.807, 2.05) is 0 Å². The molecular formula is C6H4Na2O16S5. The largest absolute Gasteiger partial charge is 1.00 e. The maximum absolute atomic E-state index is 11.7. The summed E-state index contributed by atoms with van der Waals surface area (Å²) in [5.41, 5.74) is 0. The van der Waals surface area contributed by atoms with Gasteiger partial charge in [-0.1, -0.05) is 0 Å². The third kappa shape index (κ3) is 9.30. The van der Waals surface area contributed by atoms with E-state index in [0.717, 1.165) is 0 Å². The molecule has 0 spiro atoms. The second-order valence-electron chi connectivity index (χ2n) is 4.10. The molecule has 0 aromatic heterocycles. The first-order valence-corrected chi connectivity index (χ1v) is 12.3. The molecule has 0 aliphatic rings. The SMILES string of the molecule is O=S(=O)([O-])OS(=O)(=O)c1cc(S(=O)(=O)O)cc(S(=O)(=O)OS(=O)(=O)[O-])c1O.[Na+].[Na+]. The van der Waals surface area contributed by atoms with Crippen molar-refractivity contribution in [2.45, 2.75) is 14.7 Å². The second-order valence-corrected chi connectivity index (χ2v) is 10.9. The van der Waals surface area contributed by atoms with Gasteiger partial charge in [0.05, 0.1) is 4.90 Å². The van der Waals surface area contributed by atoms with Crippen LogP contribution >= 0.6 is 0 Å². The van der Waals surface area contributed by atoms with E-state index >= 15 is 0 Å². The summed E-state index contributed by atoms with van der Waals surface area (Å²) in [6.07, 6.45) is 0. The van der Waals surface area contributed by atoms with E-state index < -0.39 is 71.6 Å². The summed E-state index contributed by atoms with van der Waals surface area (Å²) < 4.78 is 146. The molecular weight excluding hydrogens is 534 g/mol. The van der Waals surface area contributed by atoms with Gasteiger partial charge in [0.25, 0.3) is 10.1 Å². The van der Waals surface area contributed by atoms with Gasteiger partial charge in [0.15, 0.2) is 5.75 Å². The van der Waals surface area contributed by atoms with Crippen molar-refractivity contribution in [3.8, 4) is 5.75 Å². The average Bonchev–Trinajstić information content (AvgIpc) is 2.30. The van der Waals surface area contributed by atoms with Crippen LogP contribution in [0.25, 0.3) is 0 Å². The van der Waals surface area contributed by atoms with Gasteiger partial charge < -0.3 is 14.2 Å². The molecule has 2 N–H and O–H groups in total. The van der Waals surface area contributed by atoms with Crippen molar-refractivity contribution in [1.29, 1.82) is 0 Å². The summed E-state index contributed by atoms with van der Waals surface area (Å²) in [5.74, 6) is -2.10. The third-order valence-corrected chi connectivity index (χ3v) is 7.49. The molecule has 0 unspecified atom stereocenters. The molecule has 0 bridgehead atoms. The minimum Gasteiger partial charge on any atom is -0.725 e. The first-order chi connectivity index (χ1) is 11.7. The van der Waals surface area contributed by atoms with Crippen molar-refractivity contribution in [1.82, 2.24) is 0 Å². The van der Waals surface area contributed by atoms with Crippen LogP contribution < -0.4 is 59.1 Å². The molecule has 1 aromatic rings. The molecule has 0 aliphatic heterocycles. The molecule has 23 heteroatoms. The molecule has 16 nitrogen and oxygen atoms in total. The van der Waals surface area contributed by atoms with E-state index in [2.05, 4.69) is 7.26 Å². The van der Waals surface area contributed by atoms with Crippen molar-refractivity contribution in [2.24, 2.45) is 0 Å². The number of benzene rings is 1. The summed E-state index contributed by atoms with van der Waals surface area (Å²) >= 11 is 0. The van der Waals surface area contributed by atoms with Crippen LogP contribution in [-0.4, -0.2) is 60.9 Å². The quantitative estimate of drug-likeness (QED) is 0.185. The predicted molar refractivity (Wildman–Crippen MR) is 73.9 cm³/mol. The average molecular weight is 538 g/mol. The standard InChI is InChI=1S/C6H6O16S5.2Na/c7-6-4(24(11,12)21-26(15,16)17)1-3(23(8,9)10)2-5(6)25(13,14)22-27(18,19)20;;/h1-2,7H,(H,8,9,10)(H,15,16,17)(H,18,19,20);;/q;2*+1/p-2. The minimum atomic E-state index is -6.06. The van der Waals surface area contributed by atoms with Gasteiger partial charge in [-0.05, 0) is 12.1 Å². The van der Waals surface area contributed by atoms with Gasteiger partial charge in [0.2, 0.25) is 20.8 Å². The molecule has 0 amide bonds. The van der Waals surface area contributed by atoms with E-state index in [1.54, 1.807) is 0 Å². The summed E-state index contributed by atoms with van der Waals surface area (Å²) in [7, 11) is -29.5. The predicted octanol–water partition coefficient (Wildman–Crippen LogP) is -9.02. The van der Waals surface area contributed by atoms with Gasteiger partial charge in [-0.25, -0.2) is 16.8 Å². The van der Waals surface area contributed by atoms with E-state index in [4.69, 9.17) is 4.55 Å². The molecule has 0 radical (unpaired) electrons. The molecule has 0 aliphatic carbocycles. The van der Waals surface area contributed by atoms with Crippen molar-refractivity contribution in [2.75, 3.05) is 0 Å². The maximum atomic E-state index is 11.7. The fraction of sp³-hybridized carbons (Fsp3) is 0. The first-order valence-electron chi connectivity index (χ1n) is 5.34. The maximum Gasteiger partial charge on any atom is 1.00 e. The number of phenols is 1. The zero-order valence-corrected chi connectivity index (χ0v) is 21.9. The number of phenolic OH excluding ortho intramolecular Hbond substituents is 1. The molecule has 1 rings (SSSR count). The third-order valence-electron chi connectivity index (χ3n) is 2.20. The number of hydrogen-bond donors (Lipinski definition) is 2. The Bertz CT molecular complexity index is 1220. The van der Waals surface area contributed by atoms with Crippen molar-refractivity contribution >= 4 is 51.2 Å². The van der Waals surface area contributed by atoms with E-state index in [0.29, 0.717) is 0 Å². The summed E-state index contributed by atoms with van der Waals surface area (Å²) in [6, 6.07) is -0.480. The summed E-state index contributed by atoms with van der Waals surface area (Å²) in [6.45, 7) is 0. The van der Waals surface area contributed by atoms with Crippen LogP contribution in [0.1, 0.15) is 0 Å². The number of hydrogen-bond acceptors (Lipinski definition) is 15. The van der Waals surface area contributed by atoms with Crippen LogP contribution in [0, 0.1) is 0 Å². The number of rotatable bonds is 7. The molecule has 0 fully saturated rings. The monoisotopic (exact) mass is 538 g/mol. The fourth-order valence-corrected chi connectivity index (χ4v) is 5.71. The molecule has 0 saturated carbocycles. The van der Waals surface area contributed by atoms with E-state index in [9.17, 15) is 56.3 Å². The van der Waals surface area contributed by atoms with E-state index in [1.165, 1.54) is 0 Å². The Balaban J connectivity index is 0. The Kier molecular flexibility index (Phi) is 11.0. The Morgan fingerprint density at radius 1 is 0.690 bits per heavy atom. The van der Waals surface area contributed by atoms with Gasteiger partial charge >= 0.3 is 79.4 Å². The smallest absolute Gasteiger partial charge is 0.725 e. The van der Waals surface area contributed by atoms with Gasteiger partial charge in [-0.2, -0.15) is 32.5 Å². The normalized spacial score (nSPS) is 13.2. The van der Waals surface area contributed by atoms with Crippen molar-refractivity contribution < 1.29 is 127 Å². The Hall–Kier alpha value is 0.570. The Morgan fingerprint density at radius 2 is 0.966 bits per heavy atom.